The molecule has 1 aromatic carbocycles. The molecule has 2 N–H and O–H groups in total. The highest BCUT2D eigenvalue weighted by molar-refractivity contribution is 6.08. The molecule has 9 nitrogen and oxygen atoms in total. The number of aromatic nitrogens is 6. The summed E-state index contributed by atoms with van der Waals surface area (Å²) in [7, 11) is 0. The van der Waals surface area contributed by atoms with Gasteiger partial charge in [0.1, 0.15) is 11.3 Å². The second-order valence-electron chi connectivity index (χ2n) is 7.30. The van der Waals surface area contributed by atoms with Crippen molar-refractivity contribution in [2.45, 2.75) is 20.0 Å². The second kappa shape index (κ2) is 7.69. The third-order valence-electron chi connectivity index (χ3n) is 5.20. The minimum atomic E-state index is -0.233. The smallest absolute Gasteiger partial charge is 0.274 e. The number of hydrogen-bond donors (Lipinski definition) is 2. The summed E-state index contributed by atoms with van der Waals surface area (Å²) in [4.78, 5) is 17.3. The van der Waals surface area contributed by atoms with Gasteiger partial charge in [-0.05, 0) is 31.2 Å². The number of aryl methyl sites for hydroxylation is 1. The van der Waals surface area contributed by atoms with E-state index in [2.05, 4.69) is 20.5 Å². The topological polar surface area (TPSA) is 102 Å². The molecule has 5 rings (SSSR count). The third-order valence-corrected chi connectivity index (χ3v) is 5.20. The Bertz CT molecular complexity index is 1400. The number of nitrogens with one attached hydrogen (secondary N) is 1. The van der Waals surface area contributed by atoms with Gasteiger partial charge in [-0.15, -0.1) is 0 Å². The lowest BCUT2D eigenvalue weighted by molar-refractivity contribution is 0.102. The molecule has 156 valence electrons. The molecule has 0 fully saturated rings. The summed E-state index contributed by atoms with van der Waals surface area (Å²) in [6.07, 6.45) is 7.06. The maximum Gasteiger partial charge on any atom is 0.274 e. The number of rotatable bonds is 6. The largest absolute Gasteiger partial charge is 0.394 e. The molecule has 9 heteroatoms. The van der Waals surface area contributed by atoms with Gasteiger partial charge in [0.05, 0.1) is 49.0 Å². The van der Waals surface area contributed by atoms with Crippen LogP contribution in [0.2, 0.25) is 0 Å². The molecule has 5 aromatic rings. The highest BCUT2D eigenvalue weighted by atomic mass is 16.3. The van der Waals surface area contributed by atoms with E-state index in [4.69, 9.17) is 5.11 Å². The van der Waals surface area contributed by atoms with E-state index in [9.17, 15) is 4.79 Å². The number of aliphatic hydroxyl groups excluding tert-OH is 1. The van der Waals surface area contributed by atoms with Crippen LogP contribution in [-0.4, -0.2) is 46.6 Å². The summed E-state index contributed by atoms with van der Waals surface area (Å²) in [6, 6.07) is 11.4. The van der Waals surface area contributed by atoms with Crippen LogP contribution in [0.4, 0.5) is 5.69 Å². The Morgan fingerprint density at radius 1 is 1.16 bits per heavy atom. The van der Waals surface area contributed by atoms with Crippen molar-refractivity contribution in [3.63, 3.8) is 0 Å². The van der Waals surface area contributed by atoms with E-state index in [1.165, 1.54) is 0 Å². The molecule has 0 spiro atoms. The van der Waals surface area contributed by atoms with Gasteiger partial charge < -0.3 is 10.4 Å². The number of benzene rings is 1. The number of pyridine rings is 1. The number of nitrogens with zero attached hydrogens (tertiary/aromatic N) is 6. The Morgan fingerprint density at radius 2 is 2.06 bits per heavy atom. The molecule has 0 atom stereocenters. The van der Waals surface area contributed by atoms with Gasteiger partial charge in [0.15, 0.2) is 0 Å². The Kier molecular flexibility index (Phi) is 4.72. The first kappa shape index (κ1) is 19.0. The molecule has 0 saturated carbocycles. The highest BCUT2D eigenvalue weighted by Gasteiger charge is 2.17. The fourth-order valence-electron chi connectivity index (χ4n) is 3.82. The monoisotopic (exact) mass is 415 g/mol. The van der Waals surface area contributed by atoms with Crippen molar-refractivity contribution in [1.29, 1.82) is 0 Å². The number of imidazole rings is 1. The van der Waals surface area contributed by atoms with Gasteiger partial charge >= 0.3 is 0 Å². The second-order valence-corrected chi connectivity index (χ2v) is 7.30. The van der Waals surface area contributed by atoms with Crippen molar-refractivity contribution in [1.82, 2.24) is 28.9 Å². The number of aliphatic hydroxyl groups is 1. The lowest BCUT2D eigenvalue weighted by atomic mass is 10.1. The fraction of sp³-hybridized carbons (Fsp3) is 0.182. The lowest BCUT2D eigenvalue weighted by Crippen LogP contribution is -2.14. The van der Waals surface area contributed by atoms with Crippen molar-refractivity contribution < 1.29 is 9.90 Å². The molecule has 0 saturated heterocycles. The molecule has 0 bridgehead atoms. The highest BCUT2D eigenvalue weighted by Crippen LogP contribution is 2.27. The summed E-state index contributed by atoms with van der Waals surface area (Å²) in [6.45, 7) is 2.97. The van der Waals surface area contributed by atoms with Gasteiger partial charge in [0.2, 0.25) is 0 Å². The first-order valence-corrected chi connectivity index (χ1v) is 9.96. The predicted octanol–water partition coefficient (Wildman–Crippen LogP) is 2.48. The van der Waals surface area contributed by atoms with E-state index >= 15 is 0 Å². The molecule has 4 heterocycles. The summed E-state index contributed by atoms with van der Waals surface area (Å²) >= 11 is 0. The summed E-state index contributed by atoms with van der Waals surface area (Å²) in [5, 5.41) is 21.9. The number of carbonyl (C=O) groups is 1. The van der Waals surface area contributed by atoms with Gasteiger partial charge in [-0.25, -0.2) is 4.98 Å². The SMILES string of the molecule is Cc1nn(Cc2cnn(CCO)c2)c2cccc(NC(=O)c3cnc4ccccn34)c12. The average molecular weight is 415 g/mol. The molecule has 0 aliphatic rings. The van der Waals surface area contributed by atoms with E-state index in [0.717, 1.165) is 27.8 Å². The Hall–Kier alpha value is -3.98. The zero-order chi connectivity index (χ0) is 21.4. The molecule has 0 radical (unpaired) electrons. The van der Waals surface area contributed by atoms with Crippen LogP contribution in [0.3, 0.4) is 0 Å². The van der Waals surface area contributed by atoms with E-state index < -0.39 is 0 Å². The van der Waals surface area contributed by atoms with Crippen LogP contribution < -0.4 is 5.32 Å². The maximum absolute atomic E-state index is 13.0. The number of carbonyl (C=O) groups excluding carboxylic acids is 1. The van der Waals surface area contributed by atoms with E-state index in [1.807, 2.05) is 60.4 Å². The third kappa shape index (κ3) is 3.44. The number of amides is 1. The van der Waals surface area contributed by atoms with Crippen LogP contribution in [0, 0.1) is 6.92 Å². The van der Waals surface area contributed by atoms with E-state index in [0.29, 0.717) is 24.5 Å². The Balaban J connectivity index is 1.46. The normalized spacial score (nSPS) is 11.4. The van der Waals surface area contributed by atoms with Crippen molar-refractivity contribution in [3.05, 3.63) is 78.1 Å². The van der Waals surface area contributed by atoms with E-state index in [1.54, 1.807) is 21.5 Å². The average Bonchev–Trinajstić information content (AvgIpc) is 3.47. The van der Waals surface area contributed by atoms with Gasteiger partial charge in [-0.1, -0.05) is 12.1 Å². The van der Waals surface area contributed by atoms with Crippen LogP contribution in [0.5, 0.6) is 0 Å². The number of anilines is 1. The zero-order valence-electron chi connectivity index (χ0n) is 16.9. The van der Waals surface area contributed by atoms with Crippen LogP contribution in [0.1, 0.15) is 21.7 Å². The van der Waals surface area contributed by atoms with Gasteiger partial charge in [-0.2, -0.15) is 10.2 Å². The molecule has 1 amide bonds. The van der Waals surface area contributed by atoms with Crippen molar-refractivity contribution in [3.8, 4) is 0 Å². The zero-order valence-corrected chi connectivity index (χ0v) is 16.9. The first-order chi connectivity index (χ1) is 15.1. The quantitative estimate of drug-likeness (QED) is 0.444. The minimum Gasteiger partial charge on any atom is -0.394 e. The summed E-state index contributed by atoms with van der Waals surface area (Å²) < 4.78 is 5.36. The minimum absolute atomic E-state index is 0.0421. The molecule has 0 aliphatic carbocycles. The summed E-state index contributed by atoms with van der Waals surface area (Å²) in [5.41, 5.74) is 4.62. The fourth-order valence-corrected chi connectivity index (χ4v) is 3.82. The van der Waals surface area contributed by atoms with Crippen LogP contribution in [0.15, 0.2) is 61.2 Å². The molecule has 31 heavy (non-hydrogen) atoms. The van der Waals surface area contributed by atoms with Gasteiger partial charge in [0, 0.05) is 23.3 Å². The van der Waals surface area contributed by atoms with Crippen LogP contribution in [0.25, 0.3) is 16.6 Å². The molecular formula is C22H21N7O2. The molecule has 0 aliphatic heterocycles. The van der Waals surface area contributed by atoms with Crippen molar-refractivity contribution >= 4 is 28.1 Å². The van der Waals surface area contributed by atoms with Crippen LogP contribution in [-0.2, 0) is 13.1 Å². The number of fused-ring (bicyclic) bond motifs is 2. The first-order valence-electron chi connectivity index (χ1n) is 9.96. The van der Waals surface area contributed by atoms with Crippen molar-refractivity contribution in [2.75, 3.05) is 11.9 Å². The Labute approximate surface area is 177 Å². The number of hydrogen-bond acceptors (Lipinski definition) is 5. The van der Waals surface area contributed by atoms with Crippen LogP contribution >= 0.6 is 0 Å². The van der Waals surface area contributed by atoms with Crippen molar-refractivity contribution in [2.24, 2.45) is 0 Å². The predicted molar refractivity (Wildman–Crippen MR) is 116 cm³/mol. The van der Waals surface area contributed by atoms with Gasteiger partial charge in [0.25, 0.3) is 5.91 Å². The molecule has 4 aromatic heterocycles. The standard InChI is InChI=1S/C22H21N7O2/c1-15-21-17(25-22(31)19-12-23-20-7-2-3-8-28(19)20)5-4-6-18(21)29(26-15)14-16-11-24-27(13-16)9-10-30/h2-8,11-13,30H,9-10,14H2,1H3,(H,25,31). The molecular weight excluding hydrogens is 394 g/mol. The molecule has 0 unspecified atom stereocenters. The maximum atomic E-state index is 13.0. The summed E-state index contributed by atoms with van der Waals surface area (Å²) in [5.74, 6) is -0.233. The van der Waals surface area contributed by atoms with E-state index in [-0.39, 0.29) is 12.5 Å². The van der Waals surface area contributed by atoms with Gasteiger partial charge in [-0.3, -0.25) is 18.6 Å². The lowest BCUT2D eigenvalue weighted by Gasteiger charge is -2.08. The Morgan fingerprint density at radius 3 is 2.94 bits per heavy atom.